The molecule has 0 aliphatic carbocycles. The fourth-order valence-corrected chi connectivity index (χ4v) is 3.17. The maximum atomic E-state index is 11.3. The predicted molar refractivity (Wildman–Crippen MR) is 113 cm³/mol. The van der Waals surface area contributed by atoms with Crippen molar-refractivity contribution in [2.45, 2.75) is 11.3 Å². The Hall–Kier alpha value is -3.28. The van der Waals surface area contributed by atoms with Gasteiger partial charge >= 0.3 is 5.69 Å². The number of halogens is 1. The molecule has 2 aromatic carbocycles. The SMILES string of the molecule is NS(=O)(=O)c1ccc(CCNc2nc(Nc3ccc(Cl)cc3)ncc2[N+](=O)[O-])cc1. The molecule has 0 unspecified atom stereocenters. The molecule has 0 aliphatic rings. The molecule has 1 heterocycles. The molecule has 3 rings (SSSR count). The first-order valence-electron chi connectivity index (χ1n) is 8.62. The number of rotatable bonds is 8. The van der Waals surface area contributed by atoms with E-state index in [1.807, 2.05) is 0 Å². The summed E-state index contributed by atoms with van der Waals surface area (Å²) >= 11 is 5.85. The van der Waals surface area contributed by atoms with Gasteiger partial charge in [0, 0.05) is 17.3 Å². The van der Waals surface area contributed by atoms with Gasteiger partial charge in [0.25, 0.3) is 0 Å². The molecule has 30 heavy (non-hydrogen) atoms. The number of nitrogens with one attached hydrogen (secondary N) is 2. The van der Waals surface area contributed by atoms with Gasteiger partial charge in [0.05, 0.1) is 9.82 Å². The zero-order chi connectivity index (χ0) is 21.7. The first-order chi connectivity index (χ1) is 14.2. The molecule has 0 spiro atoms. The van der Waals surface area contributed by atoms with Crippen molar-refractivity contribution in [3.63, 3.8) is 0 Å². The highest BCUT2D eigenvalue weighted by Crippen LogP contribution is 2.24. The van der Waals surface area contributed by atoms with Gasteiger partial charge < -0.3 is 10.6 Å². The number of nitro groups is 1. The third-order valence-electron chi connectivity index (χ3n) is 4.02. The predicted octanol–water partition coefficient (Wildman–Crippen LogP) is 3.08. The minimum atomic E-state index is -3.75. The third kappa shape index (κ3) is 5.63. The van der Waals surface area contributed by atoms with E-state index in [4.69, 9.17) is 16.7 Å². The molecule has 10 nitrogen and oxygen atoms in total. The standard InChI is InChI=1S/C18H17ClN6O4S/c19-13-3-5-14(6-4-13)23-18-22-11-16(25(26)27)17(24-18)21-10-9-12-1-7-15(8-2-12)30(20,28)29/h1-8,11H,9-10H2,(H2,20,28,29)(H2,21,22,23,24). The smallest absolute Gasteiger partial charge is 0.329 e. The van der Waals surface area contributed by atoms with Gasteiger partial charge in [0.1, 0.15) is 6.20 Å². The lowest BCUT2D eigenvalue weighted by molar-refractivity contribution is -0.384. The minimum absolute atomic E-state index is 0.0172. The van der Waals surface area contributed by atoms with Gasteiger partial charge in [0.2, 0.25) is 21.8 Å². The topological polar surface area (TPSA) is 153 Å². The lowest BCUT2D eigenvalue weighted by Gasteiger charge is -2.09. The molecule has 1 aromatic heterocycles. The van der Waals surface area contributed by atoms with Crippen molar-refractivity contribution in [2.24, 2.45) is 5.14 Å². The summed E-state index contributed by atoms with van der Waals surface area (Å²) in [5.74, 6) is 0.246. The highest BCUT2D eigenvalue weighted by Gasteiger charge is 2.17. The second-order valence-electron chi connectivity index (χ2n) is 6.18. The van der Waals surface area contributed by atoms with E-state index in [0.29, 0.717) is 23.7 Å². The van der Waals surface area contributed by atoms with E-state index in [1.54, 1.807) is 36.4 Å². The third-order valence-corrected chi connectivity index (χ3v) is 5.21. The molecule has 156 valence electrons. The Balaban J connectivity index is 1.70. The first-order valence-corrected chi connectivity index (χ1v) is 10.5. The lowest BCUT2D eigenvalue weighted by Crippen LogP contribution is -2.12. The lowest BCUT2D eigenvalue weighted by atomic mass is 10.1. The number of nitrogens with two attached hydrogens (primary N) is 1. The average Bonchev–Trinajstić information content (AvgIpc) is 2.69. The molecular weight excluding hydrogens is 432 g/mol. The van der Waals surface area contributed by atoms with Gasteiger partial charge in [-0.2, -0.15) is 4.98 Å². The number of hydrogen-bond acceptors (Lipinski definition) is 8. The molecule has 0 fully saturated rings. The van der Waals surface area contributed by atoms with Crippen molar-refractivity contribution in [1.82, 2.24) is 9.97 Å². The van der Waals surface area contributed by atoms with Crippen LogP contribution < -0.4 is 15.8 Å². The van der Waals surface area contributed by atoms with E-state index in [9.17, 15) is 18.5 Å². The largest absolute Gasteiger partial charge is 0.364 e. The number of primary sulfonamides is 1. The van der Waals surface area contributed by atoms with Crippen molar-refractivity contribution >= 4 is 44.8 Å². The quantitative estimate of drug-likeness (QED) is 0.351. The number of nitrogens with zero attached hydrogens (tertiary/aromatic N) is 3. The second-order valence-corrected chi connectivity index (χ2v) is 8.18. The maximum absolute atomic E-state index is 11.3. The highest BCUT2D eigenvalue weighted by atomic mass is 35.5. The summed E-state index contributed by atoms with van der Waals surface area (Å²) in [4.78, 5) is 18.9. The van der Waals surface area contributed by atoms with E-state index in [1.165, 1.54) is 12.1 Å². The van der Waals surface area contributed by atoms with Crippen LogP contribution in [0, 0.1) is 10.1 Å². The Kier molecular flexibility index (Phi) is 6.45. The van der Waals surface area contributed by atoms with Gasteiger partial charge in [-0.3, -0.25) is 10.1 Å². The molecule has 0 saturated heterocycles. The molecular formula is C18H17ClN6O4S. The van der Waals surface area contributed by atoms with Gasteiger partial charge in [-0.1, -0.05) is 23.7 Å². The second kappa shape index (κ2) is 9.03. The Morgan fingerprint density at radius 1 is 1.10 bits per heavy atom. The number of sulfonamides is 1. The van der Waals surface area contributed by atoms with Crippen LogP contribution in [0.3, 0.4) is 0 Å². The number of anilines is 3. The fraction of sp³-hybridized carbons (Fsp3) is 0.111. The summed E-state index contributed by atoms with van der Waals surface area (Å²) in [5, 5.41) is 22.8. The van der Waals surface area contributed by atoms with Crippen LogP contribution in [0.25, 0.3) is 0 Å². The Bertz CT molecular complexity index is 1150. The molecule has 3 aromatic rings. The zero-order valence-corrected chi connectivity index (χ0v) is 17.0. The summed E-state index contributed by atoms with van der Waals surface area (Å²) in [6, 6.07) is 12.9. The Morgan fingerprint density at radius 3 is 2.37 bits per heavy atom. The molecule has 0 bridgehead atoms. The van der Waals surface area contributed by atoms with Crippen molar-refractivity contribution in [3.8, 4) is 0 Å². The average molecular weight is 449 g/mol. The summed E-state index contributed by atoms with van der Waals surface area (Å²) in [6.07, 6.45) is 1.60. The minimum Gasteiger partial charge on any atom is -0.364 e. The van der Waals surface area contributed by atoms with Crippen LogP contribution in [0.5, 0.6) is 0 Å². The molecule has 0 saturated carbocycles. The fourth-order valence-electron chi connectivity index (χ4n) is 2.53. The number of benzene rings is 2. The maximum Gasteiger partial charge on any atom is 0.329 e. The molecule has 0 aliphatic heterocycles. The first kappa shape index (κ1) is 21.4. The number of hydrogen-bond donors (Lipinski definition) is 3. The van der Waals surface area contributed by atoms with Crippen LogP contribution in [0.1, 0.15) is 5.56 Å². The summed E-state index contributed by atoms with van der Waals surface area (Å²) in [6.45, 7) is 0.326. The van der Waals surface area contributed by atoms with Crippen molar-refractivity contribution in [2.75, 3.05) is 17.2 Å². The van der Waals surface area contributed by atoms with Gasteiger partial charge in [-0.05, 0) is 48.4 Å². The molecule has 0 amide bonds. The Labute approximate surface area is 177 Å². The van der Waals surface area contributed by atoms with Crippen LogP contribution in [-0.2, 0) is 16.4 Å². The molecule has 0 radical (unpaired) electrons. The summed E-state index contributed by atoms with van der Waals surface area (Å²) in [7, 11) is -3.75. The van der Waals surface area contributed by atoms with E-state index in [2.05, 4.69) is 20.6 Å². The van der Waals surface area contributed by atoms with Crippen molar-refractivity contribution < 1.29 is 13.3 Å². The summed E-state index contributed by atoms with van der Waals surface area (Å²) in [5.41, 5.74) is 1.24. The van der Waals surface area contributed by atoms with Crippen LogP contribution in [0.2, 0.25) is 5.02 Å². The van der Waals surface area contributed by atoms with Crippen LogP contribution >= 0.6 is 11.6 Å². The summed E-state index contributed by atoms with van der Waals surface area (Å²) < 4.78 is 22.6. The van der Waals surface area contributed by atoms with Crippen LogP contribution in [0.15, 0.2) is 59.6 Å². The Morgan fingerprint density at radius 2 is 1.77 bits per heavy atom. The molecule has 4 N–H and O–H groups in total. The molecule has 12 heteroatoms. The van der Waals surface area contributed by atoms with Gasteiger partial charge in [-0.15, -0.1) is 0 Å². The number of aromatic nitrogens is 2. The highest BCUT2D eigenvalue weighted by molar-refractivity contribution is 7.89. The monoisotopic (exact) mass is 448 g/mol. The zero-order valence-electron chi connectivity index (χ0n) is 15.4. The normalized spacial score (nSPS) is 11.1. The van der Waals surface area contributed by atoms with Crippen molar-refractivity contribution in [3.05, 3.63) is 75.4 Å². The van der Waals surface area contributed by atoms with Crippen molar-refractivity contribution in [1.29, 1.82) is 0 Å². The van der Waals surface area contributed by atoms with Crippen LogP contribution in [0.4, 0.5) is 23.1 Å². The van der Waals surface area contributed by atoms with E-state index in [0.717, 1.165) is 11.8 Å². The van der Waals surface area contributed by atoms with E-state index < -0.39 is 14.9 Å². The van der Waals surface area contributed by atoms with Gasteiger partial charge in [0.15, 0.2) is 0 Å². The van der Waals surface area contributed by atoms with E-state index >= 15 is 0 Å². The van der Waals surface area contributed by atoms with Gasteiger partial charge in [-0.25, -0.2) is 18.5 Å². The molecule has 0 atom stereocenters. The van der Waals surface area contributed by atoms with Crippen LogP contribution in [-0.4, -0.2) is 29.9 Å². The van der Waals surface area contributed by atoms with E-state index in [-0.39, 0.29) is 22.3 Å².